The number of carbonyl (C=O) groups is 2. The van der Waals surface area contributed by atoms with Gasteiger partial charge in [0.25, 0.3) is 5.91 Å². The minimum absolute atomic E-state index is 0.0150. The van der Waals surface area contributed by atoms with Crippen molar-refractivity contribution >= 4 is 27.5 Å². The highest BCUT2D eigenvalue weighted by Crippen LogP contribution is 2.26. The standard InChI is InChI=1S/C21H25FN4O4S/c22-16-6-3-7-17(11-16)24-20(27)15-5-4-10-26(14-15)31(29,30)18-12-19(23-13-18)21(28)25-8-1-2-9-25/h3,6-7,11-13,15,23H,1-2,4-5,8-10,14H2,(H,24,27). The van der Waals surface area contributed by atoms with Gasteiger partial charge in [0, 0.05) is 38.1 Å². The summed E-state index contributed by atoms with van der Waals surface area (Å²) >= 11 is 0. The maximum atomic E-state index is 13.4. The van der Waals surface area contributed by atoms with Crippen LogP contribution >= 0.6 is 0 Å². The second-order valence-electron chi connectivity index (χ2n) is 7.95. The van der Waals surface area contributed by atoms with Crippen LogP contribution in [0.1, 0.15) is 36.2 Å². The molecule has 3 heterocycles. The molecule has 1 aromatic heterocycles. The van der Waals surface area contributed by atoms with Gasteiger partial charge in [0.15, 0.2) is 0 Å². The molecule has 0 radical (unpaired) electrons. The van der Waals surface area contributed by atoms with Gasteiger partial charge < -0.3 is 15.2 Å². The molecule has 4 rings (SSSR count). The lowest BCUT2D eigenvalue weighted by atomic mass is 9.99. The van der Waals surface area contributed by atoms with Crippen molar-refractivity contribution in [1.29, 1.82) is 0 Å². The summed E-state index contributed by atoms with van der Waals surface area (Å²) < 4.78 is 40.9. The third kappa shape index (κ3) is 4.64. The zero-order valence-corrected chi connectivity index (χ0v) is 17.8. The summed E-state index contributed by atoms with van der Waals surface area (Å²) in [6.07, 6.45) is 4.30. The Bertz CT molecular complexity index is 1080. The highest BCUT2D eigenvalue weighted by atomic mass is 32.2. The number of nitrogens with one attached hydrogen (secondary N) is 2. The molecule has 2 fully saturated rings. The summed E-state index contributed by atoms with van der Waals surface area (Å²) in [5, 5.41) is 2.66. The van der Waals surface area contributed by atoms with Crippen molar-refractivity contribution in [3.63, 3.8) is 0 Å². The van der Waals surface area contributed by atoms with Crippen LogP contribution in [0.4, 0.5) is 10.1 Å². The number of aromatic amines is 1. The topological polar surface area (TPSA) is 103 Å². The summed E-state index contributed by atoms with van der Waals surface area (Å²) in [5.41, 5.74) is 0.582. The van der Waals surface area contributed by atoms with Crippen LogP contribution in [0, 0.1) is 11.7 Å². The Morgan fingerprint density at radius 3 is 2.61 bits per heavy atom. The predicted octanol–water partition coefficient (Wildman–Crippen LogP) is 2.43. The van der Waals surface area contributed by atoms with E-state index in [4.69, 9.17) is 0 Å². The van der Waals surface area contributed by atoms with Gasteiger partial charge in [-0.2, -0.15) is 4.31 Å². The number of nitrogens with zero attached hydrogens (tertiary/aromatic N) is 2. The first-order chi connectivity index (χ1) is 14.8. The van der Waals surface area contributed by atoms with Crippen LogP contribution in [-0.2, 0) is 14.8 Å². The minimum atomic E-state index is -3.85. The van der Waals surface area contributed by atoms with Crippen molar-refractivity contribution in [3.05, 3.63) is 48.0 Å². The quantitative estimate of drug-likeness (QED) is 0.733. The molecule has 2 saturated heterocycles. The molecule has 2 N–H and O–H groups in total. The number of hydrogen-bond donors (Lipinski definition) is 2. The fourth-order valence-electron chi connectivity index (χ4n) is 4.07. The Morgan fingerprint density at radius 2 is 1.87 bits per heavy atom. The second-order valence-corrected chi connectivity index (χ2v) is 9.89. The molecule has 10 heteroatoms. The van der Waals surface area contributed by atoms with Crippen molar-refractivity contribution < 1.29 is 22.4 Å². The van der Waals surface area contributed by atoms with Crippen LogP contribution in [-0.4, -0.2) is 60.6 Å². The van der Waals surface area contributed by atoms with Crippen molar-refractivity contribution in [2.45, 2.75) is 30.6 Å². The van der Waals surface area contributed by atoms with E-state index in [2.05, 4.69) is 10.3 Å². The lowest BCUT2D eigenvalue weighted by Crippen LogP contribution is -2.43. The summed E-state index contributed by atoms with van der Waals surface area (Å²) in [6.45, 7) is 1.68. The van der Waals surface area contributed by atoms with Gasteiger partial charge in [-0.25, -0.2) is 12.8 Å². The average Bonchev–Trinajstić information content (AvgIpc) is 3.46. The summed E-state index contributed by atoms with van der Waals surface area (Å²) in [4.78, 5) is 29.6. The van der Waals surface area contributed by atoms with Crippen LogP contribution in [0.5, 0.6) is 0 Å². The highest BCUT2D eigenvalue weighted by Gasteiger charge is 2.34. The predicted molar refractivity (Wildman–Crippen MR) is 112 cm³/mol. The van der Waals surface area contributed by atoms with Gasteiger partial charge in [-0.15, -0.1) is 0 Å². The number of aromatic nitrogens is 1. The number of likely N-dealkylation sites (tertiary alicyclic amines) is 1. The number of carbonyl (C=O) groups excluding carboxylic acids is 2. The van der Waals surface area contributed by atoms with E-state index >= 15 is 0 Å². The normalized spacial score (nSPS) is 20.0. The largest absolute Gasteiger partial charge is 0.356 e. The molecule has 31 heavy (non-hydrogen) atoms. The summed E-state index contributed by atoms with van der Waals surface area (Å²) in [7, 11) is -3.85. The maximum Gasteiger partial charge on any atom is 0.270 e. The number of sulfonamides is 1. The molecule has 1 aromatic carbocycles. The van der Waals surface area contributed by atoms with E-state index < -0.39 is 21.8 Å². The van der Waals surface area contributed by atoms with E-state index in [0.29, 0.717) is 38.2 Å². The molecule has 8 nitrogen and oxygen atoms in total. The molecule has 0 spiro atoms. The van der Waals surface area contributed by atoms with Gasteiger partial charge in [-0.05, 0) is 49.9 Å². The lowest BCUT2D eigenvalue weighted by Gasteiger charge is -2.30. The molecule has 2 amide bonds. The number of piperidine rings is 1. The smallest absolute Gasteiger partial charge is 0.270 e. The van der Waals surface area contributed by atoms with E-state index in [9.17, 15) is 22.4 Å². The number of rotatable bonds is 5. The molecule has 2 aliphatic rings. The van der Waals surface area contributed by atoms with Crippen molar-refractivity contribution in [3.8, 4) is 0 Å². The fraction of sp³-hybridized carbons (Fsp3) is 0.429. The van der Waals surface area contributed by atoms with Gasteiger partial charge in [0.2, 0.25) is 15.9 Å². The van der Waals surface area contributed by atoms with Gasteiger partial charge >= 0.3 is 0 Å². The van der Waals surface area contributed by atoms with Crippen molar-refractivity contribution in [2.75, 3.05) is 31.5 Å². The van der Waals surface area contributed by atoms with Crippen LogP contribution in [0.2, 0.25) is 0 Å². The Labute approximate surface area is 180 Å². The molecule has 1 atom stereocenters. The van der Waals surface area contributed by atoms with Gasteiger partial charge in [-0.3, -0.25) is 9.59 Å². The van der Waals surface area contributed by atoms with Crippen LogP contribution in [0.25, 0.3) is 0 Å². The molecular weight excluding hydrogens is 423 g/mol. The highest BCUT2D eigenvalue weighted by molar-refractivity contribution is 7.89. The third-order valence-electron chi connectivity index (χ3n) is 5.77. The van der Waals surface area contributed by atoms with E-state index in [1.165, 1.54) is 34.8 Å². The molecule has 0 saturated carbocycles. The van der Waals surface area contributed by atoms with Crippen molar-refractivity contribution in [2.24, 2.45) is 5.92 Å². The number of hydrogen-bond acceptors (Lipinski definition) is 4. The molecule has 2 aliphatic heterocycles. The first-order valence-corrected chi connectivity index (χ1v) is 11.8. The third-order valence-corrected chi connectivity index (χ3v) is 7.61. The van der Waals surface area contributed by atoms with Crippen molar-refractivity contribution in [1.82, 2.24) is 14.2 Å². The molecule has 1 unspecified atom stereocenters. The van der Waals surface area contributed by atoms with Crippen LogP contribution in [0.15, 0.2) is 41.4 Å². The summed E-state index contributed by atoms with van der Waals surface area (Å²) in [6, 6.07) is 6.94. The first kappa shape index (κ1) is 21.5. The second kappa shape index (κ2) is 8.80. The maximum absolute atomic E-state index is 13.4. The number of anilines is 1. The zero-order chi connectivity index (χ0) is 22.0. The van der Waals surface area contributed by atoms with Gasteiger partial charge in [0.1, 0.15) is 16.4 Å². The minimum Gasteiger partial charge on any atom is -0.356 e. The lowest BCUT2D eigenvalue weighted by molar-refractivity contribution is -0.120. The van der Waals surface area contributed by atoms with Gasteiger partial charge in [-0.1, -0.05) is 6.07 Å². The monoisotopic (exact) mass is 448 g/mol. The zero-order valence-electron chi connectivity index (χ0n) is 17.0. The van der Waals surface area contributed by atoms with Crippen LogP contribution < -0.4 is 5.32 Å². The fourth-order valence-corrected chi connectivity index (χ4v) is 5.59. The first-order valence-electron chi connectivity index (χ1n) is 10.4. The van der Waals surface area contributed by atoms with Gasteiger partial charge in [0.05, 0.1) is 5.92 Å². The molecular formula is C21H25FN4O4S. The Kier molecular flexibility index (Phi) is 6.10. The molecule has 0 aliphatic carbocycles. The SMILES string of the molecule is O=C(Nc1cccc(F)c1)C1CCCN(S(=O)(=O)c2c[nH]c(C(=O)N3CCCC3)c2)C1. The molecule has 166 valence electrons. The molecule has 0 bridgehead atoms. The van der Waals surface area contributed by atoms with Crippen LogP contribution in [0.3, 0.4) is 0 Å². The Balaban J connectivity index is 1.44. The number of halogens is 1. The summed E-state index contributed by atoms with van der Waals surface area (Å²) in [5.74, 6) is -1.55. The van der Waals surface area contributed by atoms with E-state index in [1.807, 2.05) is 0 Å². The van der Waals surface area contributed by atoms with E-state index in [1.54, 1.807) is 11.0 Å². The van der Waals surface area contributed by atoms with E-state index in [0.717, 1.165) is 12.8 Å². The Morgan fingerprint density at radius 1 is 1.10 bits per heavy atom. The number of benzene rings is 1. The number of amides is 2. The Hall–Kier alpha value is -2.72. The number of H-pyrrole nitrogens is 1. The molecule has 2 aromatic rings. The van der Waals surface area contributed by atoms with E-state index in [-0.39, 0.29) is 28.9 Å². The average molecular weight is 449 g/mol.